The number of halogens is 3. The Morgan fingerprint density at radius 3 is 2.56 bits per heavy atom. The lowest BCUT2D eigenvalue weighted by Crippen LogP contribution is -2.27. The smallest absolute Gasteiger partial charge is 0.390 e. The Bertz CT molecular complexity index is 450. The SMILES string of the molecule is O=C(O)c1cccn(CCC(F)(F)F)c1=O. The number of aromatic nitrogens is 1. The molecule has 0 fully saturated rings. The lowest BCUT2D eigenvalue weighted by Gasteiger charge is -2.08. The van der Waals surface area contributed by atoms with Crippen molar-refractivity contribution in [3.8, 4) is 0 Å². The van der Waals surface area contributed by atoms with Gasteiger partial charge < -0.3 is 9.67 Å². The summed E-state index contributed by atoms with van der Waals surface area (Å²) in [6.45, 7) is -0.580. The summed E-state index contributed by atoms with van der Waals surface area (Å²) in [4.78, 5) is 21.9. The number of nitrogens with zero attached hydrogens (tertiary/aromatic N) is 1. The molecule has 1 aromatic rings. The van der Waals surface area contributed by atoms with Crippen LogP contribution in [0.25, 0.3) is 0 Å². The van der Waals surface area contributed by atoms with E-state index in [0.717, 1.165) is 16.8 Å². The maximum Gasteiger partial charge on any atom is 0.390 e. The van der Waals surface area contributed by atoms with Gasteiger partial charge in [-0.1, -0.05) is 0 Å². The molecule has 4 nitrogen and oxygen atoms in total. The highest BCUT2D eigenvalue weighted by molar-refractivity contribution is 5.86. The molecule has 0 saturated carbocycles. The number of aryl methyl sites for hydroxylation is 1. The van der Waals surface area contributed by atoms with Gasteiger partial charge in [-0.05, 0) is 12.1 Å². The second-order valence-electron chi connectivity index (χ2n) is 3.09. The number of alkyl halides is 3. The Balaban J connectivity index is 2.95. The molecule has 0 unspecified atom stereocenters. The van der Waals surface area contributed by atoms with Gasteiger partial charge in [0.15, 0.2) is 0 Å². The number of rotatable bonds is 3. The van der Waals surface area contributed by atoms with Crippen molar-refractivity contribution < 1.29 is 23.1 Å². The number of pyridine rings is 1. The molecule has 0 radical (unpaired) electrons. The molecule has 0 saturated heterocycles. The summed E-state index contributed by atoms with van der Waals surface area (Å²) in [6, 6.07) is 2.27. The zero-order valence-corrected chi connectivity index (χ0v) is 7.99. The van der Waals surface area contributed by atoms with Crippen molar-refractivity contribution in [2.75, 3.05) is 0 Å². The maximum absolute atomic E-state index is 11.9. The Morgan fingerprint density at radius 2 is 2.06 bits per heavy atom. The largest absolute Gasteiger partial charge is 0.477 e. The minimum Gasteiger partial charge on any atom is -0.477 e. The number of hydrogen-bond acceptors (Lipinski definition) is 2. The fraction of sp³-hybridized carbons (Fsp3) is 0.333. The van der Waals surface area contributed by atoms with Crippen LogP contribution in [0.1, 0.15) is 16.8 Å². The molecule has 0 spiro atoms. The number of hydrogen-bond donors (Lipinski definition) is 1. The van der Waals surface area contributed by atoms with E-state index in [1.54, 1.807) is 0 Å². The van der Waals surface area contributed by atoms with Crippen LogP contribution in [-0.4, -0.2) is 21.8 Å². The van der Waals surface area contributed by atoms with Crippen LogP contribution in [0.4, 0.5) is 13.2 Å². The zero-order valence-electron chi connectivity index (χ0n) is 7.99. The zero-order chi connectivity index (χ0) is 12.3. The van der Waals surface area contributed by atoms with Crippen molar-refractivity contribution in [2.24, 2.45) is 0 Å². The van der Waals surface area contributed by atoms with Gasteiger partial charge in [0.25, 0.3) is 5.56 Å². The second-order valence-corrected chi connectivity index (χ2v) is 3.09. The molecule has 0 aliphatic heterocycles. The lowest BCUT2D eigenvalue weighted by atomic mass is 10.2. The van der Waals surface area contributed by atoms with Crippen LogP contribution < -0.4 is 5.56 Å². The highest BCUT2D eigenvalue weighted by Gasteiger charge is 2.27. The van der Waals surface area contributed by atoms with E-state index in [-0.39, 0.29) is 0 Å². The predicted molar refractivity (Wildman–Crippen MR) is 48.3 cm³/mol. The van der Waals surface area contributed by atoms with E-state index in [2.05, 4.69) is 0 Å². The monoisotopic (exact) mass is 235 g/mol. The molecule has 0 amide bonds. The molecular formula is C9H8F3NO3. The molecule has 1 heterocycles. The van der Waals surface area contributed by atoms with Gasteiger partial charge in [-0.3, -0.25) is 4.79 Å². The molecule has 0 aromatic carbocycles. The third-order valence-corrected chi connectivity index (χ3v) is 1.89. The van der Waals surface area contributed by atoms with Crippen molar-refractivity contribution >= 4 is 5.97 Å². The molecule has 0 aliphatic carbocycles. The van der Waals surface area contributed by atoms with Crippen LogP contribution in [0.15, 0.2) is 23.1 Å². The maximum atomic E-state index is 11.9. The first-order valence-electron chi connectivity index (χ1n) is 4.31. The summed E-state index contributed by atoms with van der Waals surface area (Å²) < 4.78 is 36.4. The van der Waals surface area contributed by atoms with Gasteiger partial charge in [-0.15, -0.1) is 0 Å². The van der Waals surface area contributed by atoms with Crippen molar-refractivity contribution in [1.82, 2.24) is 4.57 Å². The van der Waals surface area contributed by atoms with E-state index >= 15 is 0 Å². The third kappa shape index (κ3) is 3.11. The molecule has 1 N–H and O–H groups in total. The highest BCUT2D eigenvalue weighted by Crippen LogP contribution is 2.19. The third-order valence-electron chi connectivity index (χ3n) is 1.89. The van der Waals surface area contributed by atoms with Gasteiger partial charge >= 0.3 is 12.1 Å². The summed E-state index contributed by atoms with van der Waals surface area (Å²) in [5, 5.41) is 8.58. The van der Waals surface area contributed by atoms with Gasteiger partial charge in [0, 0.05) is 12.7 Å². The lowest BCUT2D eigenvalue weighted by molar-refractivity contribution is -0.136. The van der Waals surface area contributed by atoms with Crippen LogP contribution in [-0.2, 0) is 6.54 Å². The molecule has 1 rings (SSSR count). The molecule has 0 bridgehead atoms. The van der Waals surface area contributed by atoms with E-state index in [1.165, 1.54) is 6.07 Å². The van der Waals surface area contributed by atoms with Crippen LogP contribution in [0.2, 0.25) is 0 Å². The molecule has 1 aromatic heterocycles. The average molecular weight is 235 g/mol. The van der Waals surface area contributed by atoms with Crippen LogP contribution >= 0.6 is 0 Å². The summed E-state index contributed by atoms with van der Waals surface area (Å²) in [6.07, 6.45) is -4.42. The van der Waals surface area contributed by atoms with Crippen LogP contribution in [0.5, 0.6) is 0 Å². The quantitative estimate of drug-likeness (QED) is 0.863. The Hall–Kier alpha value is -1.79. The van der Waals surface area contributed by atoms with E-state index in [1.807, 2.05) is 0 Å². The molecule has 0 aliphatic rings. The first-order chi connectivity index (χ1) is 7.31. The molecule has 7 heteroatoms. The minimum atomic E-state index is -4.38. The first kappa shape index (κ1) is 12.3. The highest BCUT2D eigenvalue weighted by atomic mass is 19.4. The van der Waals surface area contributed by atoms with Crippen LogP contribution in [0, 0.1) is 0 Å². The topological polar surface area (TPSA) is 59.3 Å². The molecule has 0 atom stereocenters. The Morgan fingerprint density at radius 1 is 1.44 bits per heavy atom. The van der Waals surface area contributed by atoms with E-state index in [9.17, 15) is 22.8 Å². The van der Waals surface area contributed by atoms with Gasteiger partial charge in [-0.2, -0.15) is 13.2 Å². The molecular weight excluding hydrogens is 227 g/mol. The fourth-order valence-electron chi connectivity index (χ4n) is 1.12. The summed E-state index contributed by atoms with van der Waals surface area (Å²) in [7, 11) is 0. The van der Waals surface area contributed by atoms with Crippen molar-refractivity contribution in [3.05, 3.63) is 34.2 Å². The number of carboxylic acids is 1. The van der Waals surface area contributed by atoms with Crippen molar-refractivity contribution in [2.45, 2.75) is 19.1 Å². The van der Waals surface area contributed by atoms with Gasteiger partial charge in [0.05, 0.1) is 6.42 Å². The summed E-state index contributed by atoms with van der Waals surface area (Å²) >= 11 is 0. The number of aromatic carboxylic acids is 1. The van der Waals surface area contributed by atoms with Crippen LogP contribution in [0.3, 0.4) is 0 Å². The van der Waals surface area contributed by atoms with Crippen molar-refractivity contribution in [3.63, 3.8) is 0 Å². The number of carboxylic acid groups (broad SMARTS) is 1. The Kier molecular flexibility index (Phi) is 3.36. The van der Waals surface area contributed by atoms with Crippen molar-refractivity contribution in [1.29, 1.82) is 0 Å². The summed E-state index contributed by atoms with van der Waals surface area (Å²) in [5.41, 5.74) is -1.47. The van der Waals surface area contributed by atoms with Gasteiger partial charge in [-0.25, -0.2) is 4.79 Å². The Labute approximate surface area is 87.9 Å². The van der Waals surface area contributed by atoms with Gasteiger partial charge in [0.2, 0.25) is 0 Å². The van der Waals surface area contributed by atoms with Gasteiger partial charge in [0.1, 0.15) is 5.56 Å². The first-order valence-corrected chi connectivity index (χ1v) is 4.31. The molecule has 16 heavy (non-hydrogen) atoms. The summed E-state index contributed by atoms with van der Waals surface area (Å²) in [5.74, 6) is -1.45. The van der Waals surface area contributed by atoms with E-state index in [4.69, 9.17) is 5.11 Å². The normalized spacial score (nSPS) is 11.4. The van der Waals surface area contributed by atoms with E-state index in [0.29, 0.717) is 0 Å². The fourth-order valence-corrected chi connectivity index (χ4v) is 1.12. The predicted octanol–water partition coefficient (Wildman–Crippen LogP) is 1.50. The molecule has 88 valence electrons. The standard InChI is InChI=1S/C9H8F3NO3/c10-9(11,12)3-5-13-4-1-2-6(7(13)14)8(15)16/h1-2,4H,3,5H2,(H,15,16). The average Bonchev–Trinajstić information content (AvgIpc) is 2.14. The second kappa shape index (κ2) is 4.38. The number of carbonyl (C=O) groups is 1. The van der Waals surface area contributed by atoms with E-state index < -0.39 is 36.2 Å². The minimum absolute atomic E-state index is 0.537.